The number of allylic oxidation sites excluding steroid dienone is 2. The van der Waals surface area contributed by atoms with E-state index in [2.05, 4.69) is 13.0 Å². The summed E-state index contributed by atoms with van der Waals surface area (Å²) >= 11 is 0. The fraction of sp³-hybridized carbons (Fsp3) is 0.842. The molecule has 22 heavy (non-hydrogen) atoms. The van der Waals surface area contributed by atoms with E-state index in [4.69, 9.17) is 0 Å². The molecule has 0 unspecified atom stereocenters. The van der Waals surface area contributed by atoms with Crippen LogP contribution >= 0.6 is 0 Å². The lowest BCUT2D eigenvalue weighted by Gasteiger charge is -2.58. The number of alkyl halides is 2. The summed E-state index contributed by atoms with van der Waals surface area (Å²) in [6, 6.07) is 0. The lowest BCUT2D eigenvalue weighted by atomic mass is 9.47. The lowest BCUT2D eigenvalue weighted by molar-refractivity contribution is -0.174. The predicted molar refractivity (Wildman–Crippen MR) is 81.7 cm³/mol. The molecule has 4 aliphatic rings. The van der Waals surface area contributed by atoms with Crippen LogP contribution < -0.4 is 0 Å². The molecule has 0 amide bonds. The zero-order valence-electron chi connectivity index (χ0n) is 13.6. The normalized spacial score (nSPS) is 49.9. The van der Waals surface area contributed by atoms with Gasteiger partial charge in [-0.25, -0.2) is 8.78 Å². The molecule has 122 valence electrons. The number of ketones is 1. The highest BCUT2D eigenvalue weighted by Crippen LogP contribution is 2.67. The molecule has 4 aliphatic carbocycles. The van der Waals surface area contributed by atoms with Crippen LogP contribution in [-0.2, 0) is 4.79 Å². The summed E-state index contributed by atoms with van der Waals surface area (Å²) in [5.41, 5.74) is -0.175. The first-order valence-corrected chi connectivity index (χ1v) is 8.91. The van der Waals surface area contributed by atoms with Crippen molar-refractivity contribution in [1.29, 1.82) is 0 Å². The average molecular weight is 308 g/mol. The van der Waals surface area contributed by atoms with Crippen molar-refractivity contribution in [3.63, 3.8) is 0 Å². The third-order valence-electron chi connectivity index (χ3n) is 7.89. The van der Waals surface area contributed by atoms with Crippen LogP contribution in [0.3, 0.4) is 0 Å². The summed E-state index contributed by atoms with van der Waals surface area (Å²) in [4.78, 5) is 12.3. The van der Waals surface area contributed by atoms with Gasteiger partial charge in [-0.05, 0) is 63.2 Å². The number of rotatable bonds is 0. The van der Waals surface area contributed by atoms with E-state index >= 15 is 0 Å². The minimum atomic E-state index is -2.59. The van der Waals surface area contributed by atoms with Crippen LogP contribution in [0, 0.1) is 28.6 Å². The molecule has 0 spiro atoms. The fourth-order valence-corrected chi connectivity index (χ4v) is 6.46. The van der Waals surface area contributed by atoms with E-state index in [9.17, 15) is 13.6 Å². The molecule has 0 N–H and O–H groups in total. The molecule has 3 saturated carbocycles. The van der Waals surface area contributed by atoms with Gasteiger partial charge >= 0.3 is 0 Å². The van der Waals surface area contributed by atoms with Gasteiger partial charge in [0.05, 0.1) is 5.41 Å². The van der Waals surface area contributed by atoms with E-state index in [0.29, 0.717) is 24.5 Å². The van der Waals surface area contributed by atoms with Gasteiger partial charge in [-0.3, -0.25) is 4.79 Å². The Morgan fingerprint density at radius 3 is 2.64 bits per heavy atom. The first-order valence-electron chi connectivity index (χ1n) is 8.91. The molecule has 5 atom stereocenters. The number of hydrogen-bond donors (Lipinski definition) is 0. The number of Topliss-reactive ketones (excluding diaryl/α,β-unsaturated/α-hetero) is 1. The van der Waals surface area contributed by atoms with Gasteiger partial charge in [0.15, 0.2) is 0 Å². The Balaban J connectivity index is 1.77. The van der Waals surface area contributed by atoms with Gasteiger partial charge in [-0.1, -0.05) is 18.6 Å². The molecule has 0 saturated heterocycles. The Kier molecular flexibility index (Phi) is 2.98. The molecular weight excluding hydrogens is 282 g/mol. The minimum Gasteiger partial charge on any atom is -0.299 e. The number of halogens is 2. The topological polar surface area (TPSA) is 17.1 Å². The van der Waals surface area contributed by atoms with Crippen LogP contribution in [0.1, 0.15) is 65.2 Å². The van der Waals surface area contributed by atoms with Crippen LogP contribution in [0.15, 0.2) is 11.6 Å². The Hall–Kier alpha value is -0.730. The maximum atomic E-state index is 14.9. The van der Waals surface area contributed by atoms with E-state index in [1.807, 2.05) is 6.92 Å². The molecule has 0 aliphatic heterocycles. The first-order chi connectivity index (χ1) is 10.3. The van der Waals surface area contributed by atoms with Crippen LogP contribution in [0.2, 0.25) is 0 Å². The lowest BCUT2D eigenvalue weighted by Crippen LogP contribution is -2.56. The summed E-state index contributed by atoms with van der Waals surface area (Å²) in [6.07, 6.45) is 7.73. The second-order valence-corrected chi connectivity index (χ2v) is 8.52. The smallest absolute Gasteiger partial charge is 0.257 e. The van der Waals surface area contributed by atoms with Gasteiger partial charge in [-0.15, -0.1) is 0 Å². The number of hydrogen-bond acceptors (Lipinski definition) is 1. The first kappa shape index (κ1) is 14.8. The van der Waals surface area contributed by atoms with E-state index < -0.39 is 11.3 Å². The molecule has 0 aromatic heterocycles. The molecule has 0 radical (unpaired) electrons. The monoisotopic (exact) mass is 308 g/mol. The molecule has 0 aromatic rings. The number of fused-ring (bicyclic) bond motifs is 5. The van der Waals surface area contributed by atoms with Crippen molar-refractivity contribution in [2.24, 2.45) is 28.6 Å². The summed E-state index contributed by atoms with van der Waals surface area (Å²) in [5.74, 6) is -1.54. The molecule has 4 rings (SSSR count). The SMILES string of the molecule is C[C@]12C(=CC[C@@H]3[C@@H]1CC[C@]1(C)C(=O)CC[C@@H]31)CCCC2(F)F. The second kappa shape index (κ2) is 4.42. The molecule has 0 heterocycles. The van der Waals surface area contributed by atoms with Crippen molar-refractivity contribution in [2.75, 3.05) is 0 Å². The Bertz CT molecular complexity index is 552. The van der Waals surface area contributed by atoms with E-state index in [1.165, 1.54) is 0 Å². The molecule has 3 heteroatoms. The third-order valence-corrected chi connectivity index (χ3v) is 7.89. The van der Waals surface area contributed by atoms with Crippen molar-refractivity contribution in [3.05, 3.63) is 11.6 Å². The summed E-state index contributed by atoms with van der Waals surface area (Å²) in [6.45, 7) is 3.93. The Morgan fingerprint density at radius 2 is 1.86 bits per heavy atom. The fourth-order valence-electron chi connectivity index (χ4n) is 6.46. The van der Waals surface area contributed by atoms with Crippen molar-refractivity contribution in [2.45, 2.75) is 71.1 Å². The zero-order chi connectivity index (χ0) is 15.8. The zero-order valence-corrected chi connectivity index (χ0v) is 13.6. The van der Waals surface area contributed by atoms with Crippen molar-refractivity contribution in [1.82, 2.24) is 0 Å². The highest BCUT2D eigenvalue weighted by atomic mass is 19.3. The molecule has 0 aromatic carbocycles. The largest absolute Gasteiger partial charge is 0.299 e. The summed E-state index contributed by atoms with van der Waals surface area (Å²) in [7, 11) is 0. The Labute approximate surface area is 131 Å². The number of carbonyl (C=O) groups is 1. The van der Waals surface area contributed by atoms with Gasteiger partial charge in [-0.2, -0.15) is 0 Å². The van der Waals surface area contributed by atoms with Crippen LogP contribution in [0.25, 0.3) is 0 Å². The minimum absolute atomic E-state index is 0.0327. The second-order valence-electron chi connectivity index (χ2n) is 8.52. The van der Waals surface area contributed by atoms with Gasteiger partial charge < -0.3 is 0 Å². The van der Waals surface area contributed by atoms with Gasteiger partial charge in [0, 0.05) is 18.3 Å². The highest BCUT2D eigenvalue weighted by Gasteiger charge is 2.65. The molecule has 3 fully saturated rings. The summed E-state index contributed by atoms with van der Waals surface area (Å²) in [5, 5.41) is 0. The van der Waals surface area contributed by atoms with Crippen molar-refractivity contribution >= 4 is 5.78 Å². The summed E-state index contributed by atoms with van der Waals surface area (Å²) < 4.78 is 29.8. The quantitative estimate of drug-likeness (QED) is 0.565. The predicted octanol–water partition coefficient (Wildman–Crippen LogP) is 5.15. The van der Waals surface area contributed by atoms with Crippen LogP contribution in [0.5, 0.6) is 0 Å². The standard InChI is InChI=1S/C19H26F2O/c1-17-11-9-15-13(14(17)7-8-16(17)22)6-5-12-4-3-10-19(20,21)18(12,15)2/h5,13-15H,3-4,6-11H2,1-2H3/t13-,14-,15-,17-,18-/m0/s1. The van der Waals surface area contributed by atoms with Crippen molar-refractivity contribution < 1.29 is 13.6 Å². The van der Waals surface area contributed by atoms with E-state index in [-0.39, 0.29) is 23.7 Å². The maximum Gasteiger partial charge on any atom is 0.257 e. The van der Waals surface area contributed by atoms with Gasteiger partial charge in [0.25, 0.3) is 5.92 Å². The maximum absolute atomic E-state index is 14.9. The molecule has 1 nitrogen and oxygen atoms in total. The van der Waals surface area contributed by atoms with Crippen LogP contribution in [0.4, 0.5) is 8.78 Å². The van der Waals surface area contributed by atoms with E-state index in [1.54, 1.807) is 0 Å². The average Bonchev–Trinajstić information content (AvgIpc) is 2.76. The highest BCUT2D eigenvalue weighted by molar-refractivity contribution is 5.87. The third kappa shape index (κ3) is 1.61. The van der Waals surface area contributed by atoms with E-state index in [0.717, 1.165) is 37.7 Å². The van der Waals surface area contributed by atoms with Gasteiger partial charge in [0.1, 0.15) is 5.78 Å². The van der Waals surface area contributed by atoms with Gasteiger partial charge in [0.2, 0.25) is 0 Å². The van der Waals surface area contributed by atoms with Crippen LogP contribution in [-0.4, -0.2) is 11.7 Å². The Morgan fingerprint density at radius 1 is 1.09 bits per heavy atom. The molecular formula is C19H26F2O. The molecule has 0 bridgehead atoms. The number of carbonyl (C=O) groups excluding carboxylic acids is 1. The van der Waals surface area contributed by atoms with Crippen molar-refractivity contribution in [3.8, 4) is 0 Å².